The van der Waals surface area contributed by atoms with Crippen LogP contribution in [0.3, 0.4) is 0 Å². The molecule has 1 fully saturated rings. The Bertz CT molecular complexity index is 1220. The molecule has 1 aromatic heterocycles. The van der Waals surface area contributed by atoms with Gasteiger partial charge in [0.2, 0.25) is 6.29 Å². The van der Waals surface area contributed by atoms with Gasteiger partial charge in [-0.05, 0) is 56.6 Å². The van der Waals surface area contributed by atoms with Crippen molar-refractivity contribution in [3.8, 4) is 5.88 Å². The Morgan fingerprint density at radius 1 is 1.15 bits per heavy atom. The number of rotatable bonds is 6. The van der Waals surface area contributed by atoms with E-state index in [4.69, 9.17) is 14.5 Å². The van der Waals surface area contributed by atoms with Gasteiger partial charge in [0, 0.05) is 22.9 Å². The number of nitrogens with zero attached hydrogens (tertiary/aromatic N) is 1. The van der Waals surface area contributed by atoms with Gasteiger partial charge in [-0.15, -0.1) is 0 Å². The molecule has 0 aliphatic carbocycles. The maximum absolute atomic E-state index is 12.0. The number of carbonyl (C=O) groups excluding carboxylic acids is 1. The molecule has 1 atom stereocenters. The Labute approximate surface area is 192 Å². The van der Waals surface area contributed by atoms with Crippen molar-refractivity contribution >= 4 is 22.4 Å². The van der Waals surface area contributed by atoms with Crippen LogP contribution in [0.2, 0.25) is 0 Å². The predicted octanol–water partition coefficient (Wildman–Crippen LogP) is 4.07. The molecule has 7 nitrogen and oxygen atoms in total. The number of hydrogen-bond acceptors (Lipinski definition) is 6. The third-order valence-electron chi connectivity index (χ3n) is 6.11. The van der Waals surface area contributed by atoms with E-state index in [1.807, 2.05) is 30.3 Å². The average Bonchev–Trinajstić information content (AvgIpc) is 3.42. The van der Waals surface area contributed by atoms with Gasteiger partial charge in [0.25, 0.3) is 0 Å². The van der Waals surface area contributed by atoms with Crippen molar-refractivity contribution in [2.24, 2.45) is 4.99 Å². The molecule has 0 spiro atoms. The van der Waals surface area contributed by atoms with E-state index in [2.05, 4.69) is 10.3 Å². The summed E-state index contributed by atoms with van der Waals surface area (Å²) in [7, 11) is 0. The van der Waals surface area contributed by atoms with Gasteiger partial charge in [0.1, 0.15) is 12.0 Å². The van der Waals surface area contributed by atoms with Gasteiger partial charge >= 0.3 is 0 Å². The number of fused-ring (bicyclic) bond motifs is 1. The summed E-state index contributed by atoms with van der Waals surface area (Å²) in [5, 5.41) is 14.9. The number of aliphatic imine (C=N–C) groups is 1. The maximum Gasteiger partial charge on any atom is 0.244 e. The highest BCUT2D eigenvalue weighted by Crippen LogP contribution is 2.34. The number of ketones is 1. The lowest BCUT2D eigenvalue weighted by Gasteiger charge is -2.21. The molecule has 0 saturated carbocycles. The van der Waals surface area contributed by atoms with Gasteiger partial charge in [-0.25, -0.2) is 0 Å². The van der Waals surface area contributed by atoms with Crippen molar-refractivity contribution in [2.45, 2.75) is 38.5 Å². The quantitative estimate of drug-likeness (QED) is 0.393. The van der Waals surface area contributed by atoms with Gasteiger partial charge in [-0.1, -0.05) is 30.3 Å². The van der Waals surface area contributed by atoms with E-state index in [9.17, 15) is 9.90 Å². The van der Waals surface area contributed by atoms with Crippen LogP contribution in [-0.2, 0) is 15.9 Å². The molecule has 2 aliphatic rings. The van der Waals surface area contributed by atoms with E-state index in [1.165, 1.54) is 6.92 Å². The summed E-state index contributed by atoms with van der Waals surface area (Å²) in [6.45, 7) is 3.31. The number of piperidine rings is 1. The van der Waals surface area contributed by atoms with Gasteiger partial charge in [0.15, 0.2) is 17.4 Å². The van der Waals surface area contributed by atoms with E-state index < -0.39 is 6.29 Å². The first-order chi connectivity index (χ1) is 16.1. The number of H-pyrrole nitrogens is 1. The Morgan fingerprint density at radius 2 is 1.94 bits per heavy atom. The SMILES string of the molecule is CC(=O)c1ccc2[nH]c(O)c(C(=NC3CCNCC3)C3=COC(Cc4ccccc4)O3)c2c1. The molecule has 33 heavy (non-hydrogen) atoms. The number of hydrogen-bond donors (Lipinski definition) is 3. The number of benzene rings is 2. The fourth-order valence-corrected chi connectivity index (χ4v) is 4.35. The number of allylic oxidation sites excluding steroid dienone is 1. The number of carbonyl (C=O) groups is 1. The van der Waals surface area contributed by atoms with Gasteiger partial charge in [-0.3, -0.25) is 9.79 Å². The van der Waals surface area contributed by atoms with Crippen LogP contribution in [0.15, 0.2) is 65.5 Å². The lowest BCUT2D eigenvalue weighted by molar-refractivity contribution is -0.0253. The van der Waals surface area contributed by atoms with Crippen LogP contribution in [0.25, 0.3) is 10.9 Å². The molecule has 0 radical (unpaired) electrons. The molecule has 0 bridgehead atoms. The third-order valence-corrected chi connectivity index (χ3v) is 6.11. The van der Waals surface area contributed by atoms with Crippen molar-refractivity contribution in [1.29, 1.82) is 0 Å². The molecule has 5 rings (SSSR count). The molecule has 170 valence electrons. The van der Waals surface area contributed by atoms with Crippen molar-refractivity contribution in [3.05, 3.63) is 77.2 Å². The maximum atomic E-state index is 12.0. The van der Waals surface area contributed by atoms with Gasteiger partial charge < -0.3 is 24.9 Å². The van der Waals surface area contributed by atoms with E-state index in [1.54, 1.807) is 24.5 Å². The molecule has 3 N–H and O–H groups in total. The van der Waals surface area contributed by atoms with E-state index in [0.29, 0.717) is 29.0 Å². The summed E-state index contributed by atoms with van der Waals surface area (Å²) in [6.07, 6.45) is 3.50. The first-order valence-electron chi connectivity index (χ1n) is 11.3. The fraction of sp³-hybridized carbons (Fsp3) is 0.308. The smallest absolute Gasteiger partial charge is 0.244 e. The van der Waals surface area contributed by atoms with E-state index in [0.717, 1.165) is 42.4 Å². The zero-order valence-electron chi connectivity index (χ0n) is 18.5. The first kappa shape index (κ1) is 21.3. The Morgan fingerprint density at radius 3 is 2.70 bits per heavy atom. The third kappa shape index (κ3) is 4.50. The largest absolute Gasteiger partial charge is 0.494 e. The molecule has 1 unspecified atom stereocenters. The normalized spacial score (nSPS) is 19.2. The zero-order valence-corrected chi connectivity index (χ0v) is 18.5. The second-order valence-electron chi connectivity index (χ2n) is 8.48. The summed E-state index contributed by atoms with van der Waals surface area (Å²) in [4.78, 5) is 20.0. The van der Waals surface area contributed by atoms with Crippen molar-refractivity contribution in [2.75, 3.05) is 13.1 Å². The molecule has 3 heterocycles. The molecular formula is C26H27N3O4. The summed E-state index contributed by atoms with van der Waals surface area (Å²) >= 11 is 0. The Hall–Kier alpha value is -3.58. The highest BCUT2D eigenvalue weighted by molar-refractivity contribution is 6.20. The summed E-state index contributed by atoms with van der Waals surface area (Å²) in [5.74, 6) is 0.441. The van der Waals surface area contributed by atoms with Crippen LogP contribution in [-0.4, -0.2) is 47.0 Å². The lowest BCUT2D eigenvalue weighted by atomic mass is 10.0. The highest BCUT2D eigenvalue weighted by Gasteiger charge is 2.29. The van der Waals surface area contributed by atoms with Crippen LogP contribution in [0.5, 0.6) is 5.88 Å². The molecule has 1 saturated heterocycles. The number of aromatic amines is 1. The second-order valence-corrected chi connectivity index (χ2v) is 8.48. The molecule has 2 aliphatic heterocycles. The van der Waals surface area contributed by atoms with E-state index in [-0.39, 0.29) is 17.7 Å². The predicted molar refractivity (Wildman–Crippen MR) is 127 cm³/mol. The number of ether oxygens (including phenoxy) is 2. The van der Waals surface area contributed by atoms with Crippen molar-refractivity contribution in [1.82, 2.24) is 10.3 Å². The van der Waals surface area contributed by atoms with Crippen LogP contribution in [0.1, 0.15) is 41.3 Å². The fourth-order valence-electron chi connectivity index (χ4n) is 4.35. The highest BCUT2D eigenvalue weighted by atomic mass is 16.7. The minimum Gasteiger partial charge on any atom is -0.494 e. The Kier molecular flexibility index (Phi) is 5.88. The number of aromatic hydroxyl groups is 1. The minimum absolute atomic E-state index is 0.00519. The standard InChI is InChI=1S/C26H27N3O4/c1-16(30)18-7-8-21-20(14-18)24(26(31)29-21)25(28-19-9-11-27-12-10-19)22-15-32-23(33-22)13-17-5-3-2-4-6-17/h2-8,14-15,19,23,27,29,31H,9-13H2,1H3. The van der Waals surface area contributed by atoms with Crippen LogP contribution in [0, 0.1) is 0 Å². The van der Waals surface area contributed by atoms with Crippen molar-refractivity contribution < 1.29 is 19.4 Å². The lowest BCUT2D eigenvalue weighted by Crippen LogP contribution is -2.30. The first-order valence-corrected chi connectivity index (χ1v) is 11.3. The number of aromatic nitrogens is 1. The summed E-state index contributed by atoms with van der Waals surface area (Å²) in [6, 6.07) is 15.4. The second kappa shape index (κ2) is 9.11. The monoisotopic (exact) mass is 445 g/mol. The summed E-state index contributed by atoms with van der Waals surface area (Å²) < 4.78 is 12.0. The number of nitrogens with one attached hydrogen (secondary N) is 2. The minimum atomic E-state index is -0.472. The molecule has 0 amide bonds. The van der Waals surface area contributed by atoms with Gasteiger partial charge in [0.05, 0.1) is 11.6 Å². The average molecular weight is 446 g/mol. The summed E-state index contributed by atoms with van der Waals surface area (Å²) in [5.41, 5.74) is 3.48. The molecular weight excluding hydrogens is 418 g/mol. The molecule has 7 heteroatoms. The molecule has 3 aromatic rings. The molecule has 2 aromatic carbocycles. The number of Topliss-reactive ketones (excluding diaryl/α,β-unsaturated/α-hetero) is 1. The topological polar surface area (TPSA) is 95.9 Å². The zero-order chi connectivity index (χ0) is 22.8. The van der Waals surface area contributed by atoms with Crippen LogP contribution in [0.4, 0.5) is 0 Å². The van der Waals surface area contributed by atoms with Gasteiger partial charge in [-0.2, -0.15) is 0 Å². The van der Waals surface area contributed by atoms with Crippen LogP contribution < -0.4 is 5.32 Å². The Balaban J connectivity index is 1.52. The van der Waals surface area contributed by atoms with Crippen molar-refractivity contribution in [3.63, 3.8) is 0 Å². The van der Waals surface area contributed by atoms with Crippen LogP contribution >= 0.6 is 0 Å². The van der Waals surface area contributed by atoms with E-state index >= 15 is 0 Å².